The number of methoxy groups -OCH3 is 2. The maximum Gasteiger partial charge on any atom is 0.338 e. The topological polar surface area (TPSA) is 88.4 Å². The third kappa shape index (κ3) is 6.96. The monoisotopic (exact) mass is 666 g/mol. The number of benzene rings is 3. The molecular weight excluding hydrogens is 635 g/mol. The molecule has 1 aliphatic heterocycles. The molecule has 0 bridgehead atoms. The molecule has 1 aliphatic rings. The van der Waals surface area contributed by atoms with Crippen LogP contribution in [0.25, 0.3) is 6.08 Å². The number of nitrogens with zero attached hydrogens (tertiary/aromatic N) is 2. The maximum atomic E-state index is 14.1. The molecule has 0 fully saturated rings. The number of aromatic nitrogens is 1. The van der Waals surface area contributed by atoms with Crippen LogP contribution in [0.2, 0.25) is 10.0 Å². The van der Waals surface area contributed by atoms with Crippen LogP contribution in [0.15, 0.2) is 81.7 Å². The summed E-state index contributed by atoms with van der Waals surface area (Å²) in [5.74, 6) is 1.02. The summed E-state index contributed by atoms with van der Waals surface area (Å²) in [6.07, 6.45) is 3.03. The highest BCUT2D eigenvalue weighted by Gasteiger charge is 2.36. The highest BCUT2D eigenvalue weighted by atomic mass is 35.5. The van der Waals surface area contributed by atoms with Gasteiger partial charge in [-0.2, -0.15) is 0 Å². The van der Waals surface area contributed by atoms with Crippen molar-refractivity contribution in [1.82, 2.24) is 4.57 Å². The molecule has 0 spiro atoms. The number of carbonyl (C=O) groups excluding carboxylic acids is 1. The zero-order chi connectivity index (χ0) is 32.1. The van der Waals surface area contributed by atoms with Crippen molar-refractivity contribution in [3.63, 3.8) is 0 Å². The van der Waals surface area contributed by atoms with Gasteiger partial charge in [0.05, 0.1) is 36.6 Å². The number of esters is 1. The Kier molecular flexibility index (Phi) is 10.3. The minimum Gasteiger partial charge on any atom is -0.496 e. The van der Waals surface area contributed by atoms with Crippen LogP contribution in [-0.4, -0.2) is 31.4 Å². The van der Waals surface area contributed by atoms with Crippen molar-refractivity contribution in [3.05, 3.63) is 118 Å². The van der Waals surface area contributed by atoms with Gasteiger partial charge in [-0.05, 0) is 73.0 Å². The van der Waals surface area contributed by atoms with Gasteiger partial charge in [0.25, 0.3) is 5.56 Å². The zero-order valence-corrected chi connectivity index (χ0v) is 27.6. The van der Waals surface area contributed by atoms with Crippen molar-refractivity contribution in [3.8, 4) is 17.2 Å². The van der Waals surface area contributed by atoms with Gasteiger partial charge in [0.1, 0.15) is 18.4 Å². The highest BCUT2D eigenvalue weighted by molar-refractivity contribution is 7.07. The van der Waals surface area contributed by atoms with Gasteiger partial charge >= 0.3 is 5.97 Å². The highest BCUT2D eigenvalue weighted by Crippen LogP contribution is 2.38. The van der Waals surface area contributed by atoms with Crippen molar-refractivity contribution in [1.29, 1.82) is 0 Å². The smallest absolute Gasteiger partial charge is 0.338 e. The van der Waals surface area contributed by atoms with Crippen LogP contribution in [0.3, 0.4) is 0 Å². The first-order valence-corrected chi connectivity index (χ1v) is 16.0. The first-order valence-electron chi connectivity index (χ1n) is 14.4. The average Bonchev–Trinajstić information content (AvgIpc) is 3.34. The number of fused-ring (bicyclic) bond motifs is 1. The second-order valence-electron chi connectivity index (χ2n) is 10.1. The van der Waals surface area contributed by atoms with E-state index in [1.165, 1.54) is 23.0 Å². The molecule has 8 nitrogen and oxygen atoms in total. The molecule has 45 heavy (non-hydrogen) atoms. The summed E-state index contributed by atoms with van der Waals surface area (Å²) in [7, 11) is 3.10. The third-order valence-electron chi connectivity index (χ3n) is 7.17. The lowest BCUT2D eigenvalue weighted by atomic mass is 9.93. The van der Waals surface area contributed by atoms with E-state index in [9.17, 15) is 9.59 Å². The molecule has 5 rings (SSSR count). The van der Waals surface area contributed by atoms with Crippen LogP contribution in [-0.2, 0) is 16.1 Å². The molecule has 1 aromatic heterocycles. The van der Waals surface area contributed by atoms with Crippen molar-refractivity contribution < 1.29 is 23.7 Å². The molecule has 0 aliphatic carbocycles. The molecule has 0 saturated carbocycles. The van der Waals surface area contributed by atoms with Crippen LogP contribution >= 0.6 is 34.5 Å². The summed E-state index contributed by atoms with van der Waals surface area (Å²) in [5, 5.41) is 1.10. The van der Waals surface area contributed by atoms with Gasteiger partial charge < -0.3 is 18.9 Å². The fraction of sp³-hybridized carbons (Fsp3) is 0.265. The van der Waals surface area contributed by atoms with E-state index in [1.807, 2.05) is 37.3 Å². The number of thiazole rings is 1. The number of hydrogen-bond donors (Lipinski definition) is 0. The lowest BCUT2D eigenvalue weighted by molar-refractivity contribution is -0.139. The SMILES string of the molecule is CCCC1=C(C(=O)OCC)[C@H](c2cc(Cl)ccc2OC)n2c(s/c(=C/c3ccc(OCc4ccc(Cl)cc4)c(OC)c3)c2=O)=N1. The van der Waals surface area contributed by atoms with E-state index in [0.717, 1.165) is 17.5 Å². The molecule has 0 radical (unpaired) electrons. The van der Waals surface area contributed by atoms with Gasteiger partial charge in [0, 0.05) is 15.6 Å². The van der Waals surface area contributed by atoms with E-state index < -0.39 is 12.0 Å². The van der Waals surface area contributed by atoms with E-state index >= 15 is 0 Å². The van der Waals surface area contributed by atoms with E-state index in [4.69, 9.17) is 47.1 Å². The maximum absolute atomic E-state index is 14.1. The molecule has 4 aromatic rings. The van der Waals surface area contributed by atoms with Crippen LogP contribution in [0.5, 0.6) is 17.2 Å². The molecule has 3 aromatic carbocycles. The number of allylic oxidation sites excluding steroid dienone is 1. The fourth-order valence-corrected chi connectivity index (χ4v) is 6.45. The molecule has 0 N–H and O–H groups in total. The predicted molar refractivity (Wildman–Crippen MR) is 176 cm³/mol. The predicted octanol–water partition coefficient (Wildman–Crippen LogP) is 6.48. The largest absolute Gasteiger partial charge is 0.496 e. The molecular formula is C34H32Cl2N2O6S. The summed E-state index contributed by atoms with van der Waals surface area (Å²) in [6, 6.07) is 17.2. The van der Waals surface area contributed by atoms with Crippen LogP contribution in [0, 0.1) is 0 Å². The minimum atomic E-state index is -0.851. The normalized spacial score (nSPS) is 14.5. The number of carbonyl (C=O) groups is 1. The Morgan fingerprint density at radius 1 is 0.956 bits per heavy atom. The van der Waals surface area contributed by atoms with Crippen LogP contribution in [0.4, 0.5) is 0 Å². The Balaban J connectivity index is 1.61. The zero-order valence-electron chi connectivity index (χ0n) is 25.3. The average molecular weight is 668 g/mol. The Labute approximate surface area is 274 Å². The van der Waals surface area contributed by atoms with Gasteiger partial charge in [0.15, 0.2) is 16.3 Å². The summed E-state index contributed by atoms with van der Waals surface area (Å²) < 4.78 is 24.7. The Morgan fingerprint density at radius 2 is 1.67 bits per heavy atom. The number of ether oxygens (including phenoxy) is 4. The third-order valence-corrected chi connectivity index (χ3v) is 8.64. The van der Waals surface area contributed by atoms with Crippen LogP contribution in [0.1, 0.15) is 49.4 Å². The quantitative estimate of drug-likeness (QED) is 0.170. The summed E-state index contributed by atoms with van der Waals surface area (Å²) in [4.78, 5) is 32.9. The van der Waals surface area contributed by atoms with Gasteiger partial charge in [-0.1, -0.05) is 66.1 Å². The lowest BCUT2D eigenvalue weighted by Gasteiger charge is -2.27. The summed E-state index contributed by atoms with van der Waals surface area (Å²) in [5.41, 5.74) is 2.80. The molecule has 0 unspecified atom stereocenters. The summed E-state index contributed by atoms with van der Waals surface area (Å²) >= 11 is 13.7. The Bertz CT molecular complexity index is 1930. The first-order chi connectivity index (χ1) is 21.8. The molecule has 11 heteroatoms. The Morgan fingerprint density at radius 3 is 2.36 bits per heavy atom. The summed E-state index contributed by atoms with van der Waals surface area (Å²) in [6.45, 7) is 4.25. The van der Waals surface area contributed by atoms with E-state index in [0.29, 0.717) is 66.5 Å². The van der Waals surface area contributed by atoms with Gasteiger partial charge in [-0.15, -0.1) is 0 Å². The standard InChI is InChI=1S/C34H32Cl2N2O6S/c1-5-7-25-30(33(40)43-6-2)31(24-18-23(36)13-15-26(24)41-3)38-32(39)29(45-34(38)37-25)17-21-10-14-27(28(16-21)42-4)44-19-20-8-11-22(35)12-9-20/h8-18,31H,5-7,19H2,1-4H3/b29-17+/t31-/m0/s1. The number of halogens is 2. The van der Waals surface area contributed by atoms with Crippen molar-refractivity contribution in [2.75, 3.05) is 20.8 Å². The van der Waals surface area contributed by atoms with E-state index in [-0.39, 0.29) is 12.2 Å². The second-order valence-corrected chi connectivity index (χ2v) is 12.0. The lowest BCUT2D eigenvalue weighted by Crippen LogP contribution is -2.40. The number of rotatable bonds is 11. The van der Waals surface area contributed by atoms with E-state index in [2.05, 4.69) is 0 Å². The van der Waals surface area contributed by atoms with Gasteiger partial charge in [0.2, 0.25) is 0 Å². The molecule has 1 atom stereocenters. The minimum absolute atomic E-state index is 0.173. The molecule has 0 saturated heterocycles. The van der Waals surface area contributed by atoms with Gasteiger partial charge in [-0.3, -0.25) is 9.36 Å². The van der Waals surface area contributed by atoms with Crippen molar-refractivity contribution in [2.45, 2.75) is 39.3 Å². The molecule has 234 valence electrons. The second kappa shape index (κ2) is 14.4. The van der Waals surface area contributed by atoms with E-state index in [1.54, 1.807) is 50.4 Å². The van der Waals surface area contributed by atoms with Gasteiger partial charge in [-0.25, -0.2) is 9.79 Å². The first kappa shape index (κ1) is 32.3. The van der Waals surface area contributed by atoms with Crippen molar-refractivity contribution >= 4 is 46.6 Å². The molecule has 0 amide bonds. The van der Waals surface area contributed by atoms with Crippen LogP contribution < -0.4 is 29.1 Å². The molecule has 2 heterocycles. The van der Waals surface area contributed by atoms with Crippen molar-refractivity contribution in [2.24, 2.45) is 4.99 Å². The Hall–Kier alpha value is -4.05. The number of hydrogen-bond acceptors (Lipinski definition) is 8. The fourth-order valence-electron chi connectivity index (χ4n) is 5.12.